The smallest absolute Gasteiger partial charge is 0.160 e. The topological polar surface area (TPSA) is 29.6 Å². The van der Waals surface area contributed by atoms with Crippen LogP contribution in [0, 0.1) is 13.8 Å². The van der Waals surface area contributed by atoms with Crippen LogP contribution in [0.15, 0.2) is 211 Å². The molecule has 3 heterocycles. The molecule has 0 aliphatic heterocycles. The van der Waals surface area contributed by atoms with Gasteiger partial charge >= 0.3 is 0 Å². The van der Waals surface area contributed by atoms with Crippen molar-refractivity contribution >= 4 is 102 Å². The average Bonchev–Trinajstić information content (AvgIpc) is 4.02. The Hall–Kier alpha value is -7.70. The van der Waals surface area contributed by atoms with Crippen LogP contribution in [0.1, 0.15) is 34.7 Å². The highest BCUT2D eigenvalue weighted by Gasteiger charge is 2.22. The van der Waals surface area contributed by atoms with E-state index in [0.717, 1.165) is 61.4 Å². The van der Waals surface area contributed by atoms with Gasteiger partial charge < -0.3 is 4.57 Å². The van der Waals surface area contributed by atoms with Crippen molar-refractivity contribution in [2.45, 2.75) is 20.8 Å². The number of benzene rings is 9. The summed E-state index contributed by atoms with van der Waals surface area (Å²) in [7, 11) is 0. The molecule has 0 atom stereocenters. The molecule has 0 saturated heterocycles. The summed E-state index contributed by atoms with van der Waals surface area (Å²) in [5.74, 6) is 0.619. The van der Waals surface area contributed by atoms with E-state index in [0.29, 0.717) is 11.5 Å². The van der Waals surface area contributed by atoms with E-state index < -0.39 is 0 Å². The number of thiophene rings is 2. The molecule has 0 bridgehead atoms. The lowest BCUT2D eigenvalue weighted by molar-refractivity contribution is 1.18. The Bertz CT molecular complexity index is 3860. The van der Waals surface area contributed by atoms with Crippen LogP contribution >= 0.6 is 22.7 Å². The molecule has 0 aliphatic rings. The van der Waals surface area contributed by atoms with Crippen LogP contribution in [0.4, 0.5) is 0 Å². The second-order valence-electron chi connectivity index (χ2n) is 17.2. The van der Waals surface area contributed by atoms with Crippen molar-refractivity contribution in [2.24, 2.45) is 9.98 Å². The van der Waals surface area contributed by atoms with Gasteiger partial charge in [0.1, 0.15) is 0 Å². The minimum atomic E-state index is 0.619. The van der Waals surface area contributed by atoms with Gasteiger partial charge in [-0.2, -0.15) is 0 Å². The van der Waals surface area contributed by atoms with Gasteiger partial charge in [0.15, 0.2) is 5.84 Å². The molecule has 66 heavy (non-hydrogen) atoms. The summed E-state index contributed by atoms with van der Waals surface area (Å²) < 4.78 is 7.46. The SMILES string of the molecule is C=C(N=C(N=C(C)c1ccc2c(c1)sc1ccccc12)c1ccc2c(c1)sc1ccccc12)c1cc(-c2ccccc2)c(-n2c3ccc(C)cc3c3cc(C)ccc32)c(-c2ccccc2)c1. The Morgan fingerprint density at radius 2 is 0.894 bits per heavy atom. The van der Waals surface area contributed by atoms with Crippen LogP contribution in [-0.4, -0.2) is 16.1 Å². The quantitative estimate of drug-likeness (QED) is 0.113. The Labute approximate surface area is 391 Å². The van der Waals surface area contributed by atoms with Crippen molar-refractivity contribution in [3.05, 3.63) is 229 Å². The number of aryl methyl sites for hydroxylation is 2. The molecule has 0 unspecified atom stereocenters. The third-order valence-electron chi connectivity index (χ3n) is 12.9. The summed E-state index contributed by atoms with van der Waals surface area (Å²) in [5, 5.41) is 7.53. The second kappa shape index (κ2) is 16.1. The Kier molecular flexibility index (Phi) is 9.71. The van der Waals surface area contributed by atoms with Crippen molar-refractivity contribution in [2.75, 3.05) is 0 Å². The molecule has 0 fully saturated rings. The predicted octanol–water partition coefficient (Wildman–Crippen LogP) is 17.4. The zero-order valence-corrected chi connectivity index (χ0v) is 38.5. The Morgan fingerprint density at radius 1 is 0.424 bits per heavy atom. The number of aliphatic imine (C=N–C) groups is 2. The third-order valence-corrected chi connectivity index (χ3v) is 15.1. The lowest BCUT2D eigenvalue weighted by atomic mass is 9.92. The number of rotatable bonds is 7. The van der Waals surface area contributed by atoms with Crippen molar-refractivity contribution in [1.29, 1.82) is 0 Å². The average molecular weight is 882 g/mol. The van der Waals surface area contributed by atoms with E-state index in [1.807, 2.05) is 11.3 Å². The zero-order chi connectivity index (χ0) is 44.5. The number of hydrogen-bond donors (Lipinski definition) is 0. The van der Waals surface area contributed by atoms with Gasteiger partial charge in [-0.1, -0.05) is 151 Å². The number of hydrogen-bond acceptors (Lipinski definition) is 3. The first-order chi connectivity index (χ1) is 32.3. The lowest BCUT2D eigenvalue weighted by Crippen LogP contribution is -2.05. The first-order valence-corrected chi connectivity index (χ1v) is 24.0. The summed E-state index contributed by atoms with van der Waals surface area (Å²) >= 11 is 3.62. The van der Waals surface area contributed by atoms with Crippen molar-refractivity contribution in [3.63, 3.8) is 0 Å². The van der Waals surface area contributed by atoms with E-state index >= 15 is 0 Å². The largest absolute Gasteiger partial charge is 0.308 e. The molecule has 0 aliphatic carbocycles. The Morgan fingerprint density at radius 3 is 1.44 bits per heavy atom. The molecule has 0 N–H and O–H groups in total. The number of nitrogens with zero attached hydrogens (tertiary/aromatic N) is 3. The van der Waals surface area contributed by atoms with Crippen LogP contribution in [0.5, 0.6) is 0 Å². The van der Waals surface area contributed by atoms with Crippen LogP contribution in [-0.2, 0) is 0 Å². The molecule has 314 valence electrons. The minimum absolute atomic E-state index is 0.619. The molecule has 12 aromatic rings. The van der Waals surface area contributed by atoms with Gasteiger partial charge in [0.2, 0.25) is 0 Å². The summed E-state index contributed by atoms with van der Waals surface area (Å²) in [4.78, 5) is 10.9. The summed E-state index contributed by atoms with van der Waals surface area (Å²) in [5.41, 5.74) is 14.8. The van der Waals surface area contributed by atoms with Crippen molar-refractivity contribution in [3.8, 4) is 27.9 Å². The van der Waals surface area contributed by atoms with Crippen molar-refractivity contribution < 1.29 is 0 Å². The maximum atomic E-state index is 5.46. The highest BCUT2D eigenvalue weighted by molar-refractivity contribution is 7.26. The van der Waals surface area contributed by atoms with Gasteiger partial charge in [0, 0.05) is 79.1 Å². The van der Waals surface area contributed by atoms with Gasteiger partial charge in [-0.15, -0.1) is 22.7 Å². The first-order valence-electron chi connectivity index (χ1n) is 22.3. The Balaban J connectivity index is 1.08. The molecule has 0 radical (unpaired) electrons. The number of fused-ring (bicyclic) bond motifs is 9. The molecule has 3 aromatic heterocycles. The van der Waals surface area contributed by atoms with Crippen LogP contribution in [0.2, 0.25) is 0 Å². The number of aromatic nitrogens is 1. The summed E-state index contributed by atoms with van der Waals surface area (Å²) in [6.45, 7) is 11.2. The molecule has 12 rings (SSSR count). The first kappa shape index (κ1) is 39.9. The standard InChI is InChI=1S/C61H43N3S2/c1-37-23-29-54-52(31-37)53-32-38(2)24-30-55(53)64(54)60-50(41-15-7-5-8-16-41)33-45(34-51(60)42-17-9-6-10-18-42)40(4)63-61(44-26-28-49-47-20-12-14-22-57(47)66-59(49)36-44)62-39(3)43-25-27-48-46-19-11-13-21-56(46)65-58(48)35-43/h5-36H,4H2,1-3H3. The monoisotopic (exact) mass is 881 g/mol. The van der Waals surface area contributed by atoms with E-state index in [-0.39, 0.29) is 0 Å². The van der Waals surface area contributed by atoms with Crippen LogP contribution in [0.25, 0.3) is 95.8 Å². The maximum absolute atomic E-state index is 5.46. The fourth-order valence-electron chi connectivity index (χ4n) is 9.60. The predicted molar refractivity (Wildman–Crippen MR) is 288 cm³/mol. The van der Waals surface area contributed by atoms with Gasteiger partial charge in [-0.05, 0) is 98.1 Å². The highest BCUT2D eigenvalue weighted by Crippen LogP contribution is 2.44. The molecule has 0 amide bonds. The molecule has 9 aromatic carbocycles. The normalized spacial score (nSPS) is 12.4. The van der Waals surface area contributed by atoms with E-state index in [1.54, 1.807) is 11.3 Å². The summed E-state index contributed by atoms with van der Waals surface area (Å²) in [6, 6.07) is 70.3. The van der Waals surface area contributed by atoms with Gasteiger partial charge in [0.05, 0.1) is 22.4 Å². The van der Waals surface area contributed by atoms with E-state index in [9.17, 15) is 0 Å². The van der Waals surface area contributed by atoms with E-state index in [2.05, 4.69) is 219 Å². The lowest BCUT2D eigenvalue weighted by Gasteiger charge is -2.21. The fraction of sp³-hybridized carbons (Fsp3) is 0.0492. The maximum Gasteiger partial charge on any atom is 0.160 e. The second-order valence-corrected chi connectivity index (χ2v) is 19.4. The molecular weight excluding hydrogens is 839 g/mol. The number of amidine groups is 1. The van der Waals surface area contributed by atoms with Crippen LogP contribution < -0.4 is 0 Å². The highest BCUT2D eigenvalue weighted by atomic mass is 32.1. The fourth-order valence-corrected chi connectivity index (χ4v) is 11.9. The van der Waals surface area contributed by atoms with E-state index in [4.69, 9.17) is 16.6 Å². The molecule has 0 saturated carbocycles. The minimum Gasteiger partial charge on any atom is -0.308 e. The summed E-state index contributed by atoms with van der Waals surface area (Å²) in [6.07, 6.45) is 0. The third kappa shape index (κ3) is 6.87. The van der Waals surface area contributed by atoms with Crippen molar-refractivity contribution in [1.82, 2.24) is 4.57 Å². The van der Waals surface area contributed by atoms with Gasteiger partial charge in [-0.25, -0.2) is 9.98 Å². The van der Waals surface area contributed by atoms with E-state index in [1.165, 1.54) is 62.2 Å². The zero-order valence-electron chi connectivity index (χ0n) is 36.8. The molecule has 5 heteroatoms. The van der Waals surface area contributed by atoms with Gasteiger partial charge in [-0.3, -0.25) is 0 Å². The molecule has 0 spiro atoms. The van der Waals surface area contributed by atoms with Crippen LogP contribution in [0.3, 0.4) is 0 Å². The molecular formula is C61H43N3S2. The molecule has 3 nitrogen and oxygen atoms in total. The van der Waals surface area contributed by atoms with Gasteiger partial charge in [0.25, 0.3) is 0 Å².